The van der Waals surface area contributed by atoms with E-state index in [4.69, 9.17) is 0 Å². The van der Waals surface area contributed by atoms with Gasteiger partial charge < -0.3 is 10.2 Å². The predicted molar refractivity (Wildman–Crippen MR) is 58.1 cm³/mol. The normalized spacial score (nSPS) is 19.9. The van der Waals surface area contributed by atoms with E-state index in [9.17, 15) is 4.79 Å². The van der Waals surface area contributed by atoms with Crippen LogP contribution in [0.3, 0.4) is 0 Å². The van der Waals surface area contributed by atoms with E-state index in [0.717, 1.165) is 19.5 Å². The van der Waals surface area contributed by atoms with Crippen LogP contribution >= 0.6 is 0 Å². The molecule has 1 aliphatic heterocycles. The number of likely N-dealkylation sites (N-methyl/N-ethyl adjacent to an activating group) is 1. The molecule has 0 unspecified atom stereocenters. The van der Waals surface area contributed by atoms with Crippen LogP contribution in [0.1, 0.15) is 27.2 Å². The standard InChI is InChI=1S/C11H20N2O/c1-8-5-6-13(7-9(8)2)11(14)10(3)12-4/h10,12H,5-7H2,1-4H3/t10-/m0/s1. The molecule has 0 spiro atoms. The number of carbonyl (C=O) groups excluding carboxylic acids is 1. The van der Waals surface area contributed by atoms with Gasteiger partial charge in [-0.05, 0) is 34.2 Å². The van der Waals surface area contributed by atoms with E-state index in [2.05, 4.69) is 19.2 Å². The Hall–Kier alpha value is -0.830. The summed E-state index contributed by atoms with van der Waals surface area (Å²) in [6.07, 6.45) is 1.02. The van der Waals surface area contributed by atoms with Gasteiger partial charge in [0.2, 0.25) is 5.91 Å². The highest BCUT2D eigenvalue weighted by Crippen LogP contribution is 2.17. The van der Waals surface area contributed by atoms with E-state index in [1.165, 1.54) is 11.1 Å². The first kappa shape index (κ1) is 11.2. The van der Waals surface area contributed by atoms with E-state index in [-0.39, 0.29) is 11.9 Å². The highest BCUT2D eigenvalue weighted by molar-refractivity contribution is 5.81. The van der Waals surface area contributed by atoms with Crippen molar-refractivity contribution in [3.63, 3.8) is 0 Å². The monoisotopic (exact) mass is 196 g/mol. The fourth-order valence-corrected chi connectivity index (χ4v) is 1.60. The Bertz CT molecular complexity index is 258. The molecule has 3 nitrogen and oxygen atoms in total. The molecular weight excluding hydrogens is 176 g/mol. The Morgan fingerprint density at radius 2 is 2.07 bits per heavy atom. The number of rotatable bonds is 2. The minimum atomic E-state index is -0.0683. The first-order chi connectivity index (χ1) is 6.56. The zero-order valence-electron chi connectivity index (χ0n) is 9.55. The topological polar surface area (TPSA) is 32.3 Å². The number of nitrogens with zero attached hydrogens (tertiary/aromatic N) is 1. The van der Waals surface area contributed by atoms with Gasteiger partial charge in [-0.15, -0.1) is 0 Å². The average molecular weight is 196 g/mol. The lowest BCUT2D eigenvalue weighted by Gasteiger charge is -2.30. The molecule has 0 aromatic carbocycles. The molecule has 0 saturated heterocycles. The van der Waals surface area contributed by atoms with Crippen molar-refractivity contribution in [3.05, 3.63) is 11.1 Å². The molecule has 1 rings (SSSR count). The van der Waals surface area contributed by atoms with Gasteiger partial charge in [-0.2, -0.15) is 0 Å². The first-order valence-electron chi connectivity index (χ1n) is 5.17. The molecule has 0 fully saturated rings. The Morgan fingerprint density at radius 1 is 1.43 bits per heavy atom. The Kier molecular flexibility index (Phi) is 3.69. The largest absolute Gasteiger partial charge is 0.337 e. The molecule has 0 aliphatic carbocycles. The number of nitrogens with one attached hydrogen (secondary N) is 1. The Labute approximate surface area is 86.2 Å². The lowest BCUT2D eigenvalue weighted by atomic mass is 10.0. The van der Waals surface area contributed by atoms with Gasteiger partial charge in [-0.3, -0.25) is 4.79 Å². The zero-order valence-corrected chi connectivity index (χ0v) is 9.55. The molecule has 1 atom stereocenters. The van der Waals surface area contributed by atoms with Crippen molar-refractivity contribution >= 4 is 5.91 Å². The van der Waals surface area contributed by atoms with E-state index >= 15 is 0 Å². The molecule has 0 aromatic rings. The quantitative estimate of drug-likeness (QED) is 0.672. The summed E-state index contributed by atoms with van der Waals surface area (Å²) >= 11 is 0. The van der Waals surface area contributed by atoms with E-state index in [1.54, 1.807) is 0 Å². The first-order valence-corrected chi connectivity index (χ1v) is 5.17. The fraction of sp³-hybridized carbons (Fsp3) is 0.727. The zero-order chi connectivity index (χ0) is 10.7. The van der Waals surface area contributed by atoms with Crippen molar-refractivity contribution in [1.29, 1.82) is 0 Å². The van der Waals surface area contributed by atoms with Gasteiger partial charge in [0.15, 0.2) is 0 Å². The van der Waals surface area contributed by atoms with Crippen molar-refractivity contribution in [3.8, 4) is 0 Å². The van der Waals surface area contributed by atoms with Crippen molar-refractivity contribution in [2.45, 2.75) is 33.2 Å². The highest BCUT2D eigenvalue weighted by atomic mass is 16.2. The Balaban J connectivity index is 2.61. The summed E-state index contributed by atoms with van der Waals surface area (Å²) in [4.78, 5) is 13.8. The second kappa shape index (κ2) is 4.60. The van der Waals surface area contributed by atoms with Crippen LogP contribution in [0.2, 0.25) is 0 Å². The van der Waals surface area contributed by atoms with Crippen LogP contribution in [0.15, 0.2) is 11.1 Å². The Morgan fingerprint density at radius 3 is 2.57 bits per heavy atom. The van der Waals surface area contributed by atoms with Crippen LogP contribution in [-0.2, 0) is 4.79 Å². The molecular formula is C11H20N2O. The molecule has 1 heterocycles. The third-order valence-corrected chi connectivity index (χ3v) is 3.03. The lowest BCUT2D eigenvalue weighted by Crippen LogP contribution is -2.46. The van der Waals surface area contributed by atoms with Gasteiger partial charge in [0.25, 0.3) is 0 Å². The number of amides is 1. The molecule has 0 saturated carbocycles. The lowest BCUT2D eigenvalue weighted by molar-refractivity contribution is -0.132. The van der Waals surface area contributed by atoms with Crippen LogP contribution in [0.25, 0.3) is 0 Å². The molecule has 0 aromatic heterocycles. The number of hydrogen-bond acceptors (Lipinski definition) is 2. The van der Waals surface area contributed by atoms with Crippen molar-refractivity contribution in [2.75, 3.05) is 20.1 Å². The summed E-state index contributed by atoms with van der Waals surface area (Å²) in [6.45, 7) is 7.84. The molecule has 1 aliphatic rings. The van der Waals surface area contributed by atoms with E-state index in [0.29, 0.717) is 0 Å². The van der Waals surface area contributed by atoms with Crippen LogP contribution in [-0.4, -0.2) is 37.0 Å². The van der Waals surface area contributed by atoms with Gasteiger partial charge >= 0.3 is 0 Å². The molecule has 0 radical (unpaired) electrons. The molecule has 80 valence electrons. The SMILES string of the molecule is CN[C@@H](C)C(=O)N1CCC(C)=C(C)C1. The summed E-state index contributed by atoms with van der Waals surface area (Å²) in [5.41, 5.74) is 2.78. The van der Waals surface area contributed by atoms with E-state index < -0.39 is 0 Å². The second-order valence-corrected chi connectivity index (χ2v) is 4.08. The smallest absolute Gasteiger partial charge is 0.239 e. The third-order valence-electron chi connectivity index (χ3n) is 3.03. The maximum atomic E-state index is 11.8. The minimum absolute atomic E-state index is 0.0683. The third kappa shape index (κ3) is 2.35. The van der Waals surface area contributed by atoms with Crippen LogP contribution in [0, 0.1) is 0 Å². The molecule has 1 amide bonds. The highest BCUT2D eigenvalue weighted by Gasteiger charge is 2.22. The van der Waals surface area contributed by atoms with Crippen molar-refractivity contribution in [1.82, 2.24) is 10.2 Å². The summed E-state index contributed by atoms with van der Waals surface area (Å²) in [5.74, 6) is 0.208. The van der Waals surface area contributed by atoms with Gasteiger partial charge in [0.1, 0.15) is 0 Å². The summed E-state index contributed by atoms with van der Waals surface area (Å²) in [6, 6.07) is -0.0683. The summed E-state index contributed by atoms with van der Waals surface area (Å²) in [7, 11) is 1.82. The van der Waals surface area contributed by atoms with Crippen LogP contribution in [0.5, 0.6) is 0 Å². The minimum Gasteiger partial charge on any atom is -0.337 e. The maximum absolute atomic E-state index is 11.8. The summed E-state index contributed by atoms with van der Waals surface area (Å²) < 4.78 is 0. The second-order valence-electron chi connectivity index (χ2n) is 4.08. The molecule has 3 heteroatoms. The van der Waals surface area contributed by atoms with Crippen molar-refractivity contribution in [2.24, 2.45) is 0 Å². The van der Waals surface area contributed by atoms with Crippen molar-refractivity contribution < 1.29 is 4.79 Å². The average Bonchev–Trinajstić information content (AvgIpc) is 2.20. The summed E-state index contributed by atoms with van der Waals surface area (Å²) in [5, 5.41) is 2.98. The fourth-order valence-electron chi connectivity index (χ4n) is 1.60. The maximum Gasteiger partial charge on any atom is 0.239 e. The van der Waals surface area contributed by atoms with Gasteiger partial charge in [-0.25, -0.2) is 0 Å². The molecule has 1 N–H and O–H groups in total. The van der Waals surface area contributed by atoms with Gasteiger partial charge in [-0.1, -0.05) is 11.1 Å². The van der Waals surface area contributed by atoms with Gasteiger partial charge in [0, 0.05) is 13.1 Å². The predicted octanol–water partition coefficient (Wildman–Crippen LogP) is 1.16. The number of hydrogen-bond donors (Lipinski definition) is 1. The van der Waals surface area contributed by atoms with Crippen LogP contribution in [0.4, 0.5) is 0 Å². The van der Waals surface area contributed by atoms with Crippen LogP contribution < -0.4 is 5.32 Å². The van der Waals surface area contributed by atoms with E-state index in [1.807, 2.05) is 18.9 Å². The molecule has 14 heavy (non-hydrogen) atoms. The number of carbonyl (C=O) groups is 1. The van der Waals surface area contributed by atoms with Gasteiger partial charge in [0.05, 0.1) is 6.04 Å². The molecule has 0 bridgehead atoms.